The number of likely N-dealkylation sites (N-methyl/N-ethyl adjacent to an activating group) is 1. The lowest BCUT2D eigenvalue weighted by atomic mass is 10.2. The molecule has 0 atom stereocenters. The van der Waals surface area contributed by atoms with Crippen LogP contribution in [0.4, 0.5) is 10.3 Å². The van der Waals surface area contributed by atoms with Crippen LogP contribution < -0.4 is 10.1 Å². The van der Waals surface area contributed by atoms with Crippen molar-refractivity contribution in [2.45, 2.75) is 13.1 Å². The van der Waals surface area contributed by atoms with Gasteiger partial charge >= 0.3 is 0 Å². The van der Waals surface area contributed by atoms with E-state index in [1.54, 1.807) is 23.7 Å². The Morgan fingerprint density at radius 3 is 2.82 bits per heavy atom. The number of amides is 1. The fourth-order valence-corrected chi connectivity index (χ4v) is 2.96. The molecular weight excluding hydrogens is 363 g/mol. The number of nitrogens with one attached hydrogen (secondary N) is 1. The summed E-state index contributed by atoms with van der Waals surface area (Å²) in [5, 5.41) is 12.1. The van der Waals surface area contributed by atoms with E-state index in [1.807, 2.05) is 24.3 Å². The van der Waals surface area contributed by atoms with Gasteiger partial charge in [0.2, 0.25) is 11.9 Å². The van der Waals surface area contributed by atoms with Crippen molar-refractivity contribution in [3.8, 4) is 5.75 Å². The maximum Gasteiger partial charge on any atom is 0.242 e. The van der Waals surface area contributed by atoms with Crippen LogP contribution in [0.1, 0.15) is 5.56 Å². The van der Waals surface area contributed by atoms with E-state index in [2.05, 4.69) is 10.3 Å². The highest BCUT2D eigenvalue weighted by Gasteiger charge is 2.16. The summed E-state index contributed by atoms with van der Waals surface area (Å²) in [5.41, 5.74) is 2.25. The molecule has 0 aliphatic carbocycles. The molecule has 8 heteroatoms. The largest absolute Gasteiger partial charge is 0.494 e. The van der Waals surface area contributed by atoms with Gasteiger partial charge in [0.05, 0.1) is 24.8 Å². The highest BCUT2D eigenvalue weighted by atomic mass is 19.1. The summed E-state index contributed by atoms with van der Waals surface area (Å²) in [4.78, 5) is 18.8. The standard InChI is InChI=1S/C20H23FN4O3/c1-24(12-14-7-8-18(28-2)15(21)11-14)19(27)13-25-17-6-4-3-5-16(17)23-20(25)22-9-10-26/h3-8,11,26H,9-10,12-13H2,1-2H3,(H,22,23). The highest BCUT2D eigenvalue weighted by molar-refractivity contribution is 5.83. The second kappa shape index (κ2) is 8.71. The van der Waals surface area contributed by atoms with Gasteiger partial charge in [0, 0.05) is 20.1 Å². The Morgan fingerprint density at radius 2 is 2.11 bits per heavy atom. The number of rotatable bonds is 8. The number of carbonyl (C=O) groups excluding carboxylic acids is 1. The Kier molecular flexibility index (Phi) is 6.10. The quantitative estimate of drug-likeness (QED) is 0.621. The predicted molar refractivity (Wildman–Crippen MR) is 105 cm³/mol. The van der Waals surface area contributed by atoms with Crippen molar-refractivity contribution >= 4 is 22.9 Å². The molecule has 0 aliphatic heterocycles. The Hall–Kier alpha value is -3.13. The Morgan fingerprint density at radius 1 is 1.32 bits per heavy atom. The Bertz CT molecular complexity index is 973. The summed E-state index contributed by atoms with van der Waals surface area (Å²) in [6.45, 7) is 0.633. The van der Waals surface area contributed by atoms with Crippen LogP contribution in [0.2, 0.25) is 0 Å². The molecule has 0 saturated heterocycles. The number of aromatic nitrogens is 2. The van der Waals surface area contributed by atoms with Crippen molar-refractivity contribution in [1.82, 2.24) is 14.5 Å². The number of imidazole rings is 1. The molecule has 148 valence electrons. The number of halogens is 1. The molecule has 0 radical (unpaired) electrons. The van der Waals surface area contributed by atoms with Crippen LogP contribution in [-0.4, -0.2) is 52.8 Å². The number of ether oxygens (including phenoxy) is 1. The molecule has 3 rings (SSSR count). The first-order chi connectivity index (χ1) is 13.5. The second-order valence-corrected chi connectivity index (χ2v) is 6.38. The lowest BCUT2D eigenvalue weighted by molar-refractivity contribution is -0.130. The molecule has 3 aromatic rings. The zero-order chi connectivity index (χ0) is 20.1. The summed E-state index contributed by atoms with van der Waals surface area (Å²) in [6.07, 6.45) is 0. The van der Waals surface area contributed by atoms with E-state index in [0.29, 0.717) is 18.1 Å². The first-order valence-electron chi connectivity index (χ1n) is 8.90. The summed E-state index contributed by atoms with van der Waals surface area (Å²) < 4.78 is 20.6. The number of aliphatic hydroxyl groups is 1. The predicted octanol–water partition coefficient (Wildman–Crippen LogP) is 2.25. The lowest BCUT2D eigenvalue weighted by Gasteiger charge is -2.19. The van der Waals surface area contributed by atoms with E-state index in [-0.39, 0.29) is 31.4 Å². The number of hydrogen-bond donors (Lipinski definition) is 2. The third-order valence-electron chi connectivity index (χ3n) is 4.40. The van der Waals surface area contributed by atoms with Crippen LogP contribution in [-0.2, 0) is 17.9 Å². The summed E-state index contributed by atoms with van der Waals surface area (Å²) in [6, 6.07) is 12.1. The van der Waals surface area contributed by atoms with Crippen molar-refractivity contribution < 1.29 is 19.0 Å². The second-order valence-electron chi connectivity index (χ2n) is 6.38. The Labute approximate surface area is 162 Å². The molecule has 0 fully saturated rings. The molecule has 0 spiro atoms. The molecule has 0 bridgehead atoms. The maximum atomic E-state index is 13.9. The zero-order valence-corrected chi connectivity index (χ0v) is 15.9. The van der Waals surface area contributed by atoms with E-state index < -0.39 is 5.82 Å². The van der Waals surface area contributed by atoms with Gasteiger partial charge in [-0.2, -0.15) is 0 Å². The van der Waals surface area contributed by atoms with Gasteiger partial charge in [0.25, 0.3) is 0 Å². The van der Waals surface area contributed by atoms with Gasteiger partial charge in [-0.1, -0.05) is 18.2 Å². The van der Waals surface area contributed by atoms with Crippen molar-refractivity contribution in [2.24, 2.45) is 0 Å². The first-order valence-corrected chi connectivity index (χ1v) is 8.90. The number of para-hydroxylation sites is 2. The van der Waals surface area contributed by atoms with Crippen molar-refractivity contribution in [3.63, 3.8) is 0 Å². The number of fused-ring (bicyclic) bond motifs is 1. The Balaban J connectivity index is 1.77. The van der Waals surface area contributed by atoms with E-state index in [4.69, 9.17) is 9.84 Å². The first kappa shape index (κ1) is 19.6. The van der Waals surface area contributed by atoms with Crippen LogP contribution >= 0.6 is 0 Å². The van der Waals surface area contributed by atoms with Gasteiger partial charge in [-0.25, -0.2) is 9.37 Å². The van der Waals surface area contributed by atoms with E-state index in [9.17, 15) is 9.18 Å². The van der Waals surface area contributed by atoms with Crippen LogP contribution in [0.3, 0.4) is 0 Å². The fraction of sp³-hybridized carbons (Fsp3) is 0.300. The molecular formula is C20H23FN4O3. The topological polar surface area (TPSA) is 79.6 Å². The monoisotopic (exact) mass is 386 g/mol. The number of hydrogen-bond acceptors (Lipinski definition) is 5. The maximum absolute atomic E-state index is 13.9. The third kappa shape index (κ3) is 4.23. The number of methoxy groups -OCH3 is 1. The lowest BCUT2D eigenvalue weighted by Crippen LogP contribution is -2.30. The van der Waals surface area contributed by atoms with Crippen LogP contribution in [0.25, 0.3) is 11.0 Å². The minimum atomic E-state index is -0.461. The van der Waals surface area contributed by atoms with E-state index in [0.717, 1.165) is 11.0 Å². The number of benzene rings is 2. The number of anilines is 1. The third-order valence-corrected chi connectivity index (χ3v) is 4.40. The molecule has 1 heterocycles. The van der Waals surface area contributed by atoms with E-state index in [1.165, 1.54) is 18.1 Å². The minimum Gasteiger partial charge on any atom is -0.494 e. The van der Waals surface area contributed by atoms with Gasteiger partial charge in [-0.3, -0.25) is 4.79 Å². The normalized spacial score (nSPS) is 10.9. The number of carbonyl (C=O) groups is 1. The number of nitrogens with zero attached hydrogens (tertiary/aromatic N) is 3. The molecule has 1 aromatic heterocycles. The van der Waals surface area contributed by atoms with Gasteiger partial charge in [-0.05, 0) is 29.8 Å². The smallest absolute Gasteiger partial charge is 0.242 e. The van der Waals surface area contributed by atoms with Crippen LogP contribution in [0.5, 0.6) is 5.75 Å². The molecule has 2 aromatic carbocycles. The average molecular weight is 386 g/mol. The molecule has 28 heavy (non-hydrogen) atoms. The van der Waals surface area contributed by atoms with Crippen molar-refractivity contribution in [3.05, 3.63) is 53.8 Å². The molecule has 2 N–H and O–H groups in total. The van der Waals surface area contributed by atoms with Crippen LogP contribution in [0, 0.1) is 5.82 Å². The number of aliphatic hydroxyl groups excluding tert-OH is 1. The van der Waals surface area contributed by atoms with Crippen molar-refractivity contribution in [1.29, 1.82) is 0 Å². The van der Waals surface area contributed by atoms with Gasteiger partial charge in [0.1, 0.15) is 6.54 Å². The van der Waals surface area contributed by atoms with Gasteiger partial charge in [-0.15, -0.1) is 0 Å². The van der Waals surface area contributed by atoms with Crippen LogP contribution in [0.15, 0.2) is 42.5 Å². The SMILES string of the molecule is COc1ccc(CN(C)C(=O)Cn2c(NCCO)nc3ccccc32)cc1F. The molecule has 0 unspecified atom stereocenters. The zero-order valence-electron chi connectivity index (χ0n) is 15.9. The summed E-state index contributed by atoms with van der Waals surface area (Å²) >= 11 is 0. The molecule has 1 amide bonds. The summed E-state index contributed by atoms with van der Waals surface area (Å²) in [7, 11) is 3.08. The van der Waals surface area contributed by atoms with Crippen molar-refractivity contribution in [2.75, 3.05) is 32.6 Å². The molecule has 7 nitrogen and oxygen atoms in total. The summed E-state index contributed by atoms with van der Waals surface area (Å²) in [5.74, 6) is 0.0816. The molecule has 0 aliphatic rings. The average Bonchev–Trinajstić information content (AvgIpc) is 3.04. The van der Waals surface area contributed by atoms with Gasteiger partial charge in [0.15, 0.2) is 11.6 Å². The minimum absolute atomic E-state index is 0.0416. The highest BCUT2D eigenvalue weighted by Crippen LogP contribution is 2.21. The fourth-order valence-electron chi connectivity index (χ4n) is 2.96. The van der Waals surface area contributed by atoms with Gasteiger partial charge < -0.3 is 24.6 Å². The molecule has 0 saturated carbocycles. The van der Waals surface area contributed by atoms with E-state index >= 15 is 0 Å².